The zero-order chi connectivity index (χ0) is 21.1. The number of ether oxygens (including phenoxy) is 2. The summed E-state index contributed by atoms with van der Waals surface area (Å²) in [6.45, 7) is 0.164. The van der Waals surface area contributed by atoms with Gasteiger partial charge in [-0.15, -0.1) is 0 Å². The van der Waals surface area contributed by atoms with Crippen LogP contribution in [-0.2, 0) is 16.6 Å². The first-order valence-corrected chi connectivity index (χ1v) is 10.7. The molecule has 2 heterocycles. The first kappa shape index (κ1) is 20.1. The molecule has 1 aliphatic heterocycles. The van der Waals surface area contributed by atoms with Crippen molar-refractivity contribution in [1.29, 1.82) is 0 Å². The lowest BCUT2D eigenvalue weighted by Crippen LogP contribution is -2.24. The summed E-state index contributed by atoms with van der Waals surface area (Å²) in [5, 5.41) is 2.71. The lowest BCUT2D eigenvalue weighted by molar-refractivity contribution is 0.102. The van der Waals surface area contributed by atoms with Gasteiger partial charge in [-0.25, -0.2) is 13.1 Å². The number of anilines is 1. The number of carbonyl (C=O) groups is 1. The molecule has 8 nitrogen and oxygen atoms in total. The first-order valence-electron chi connectivity index (χ1n) is 8.81. The molecule has 2 N–H and O–H groups in total. The second kappa shape index (κ2) is 8.31. The highest BCUT2D eigenvalue weighted by atomic mass is 35.5. The van der Waals surface area contributed by atoms with Gasteiger partial charge in [-0.05, 0) is 42.0 Å². The Labute approximate surface area is 177 Å². The fourth-order valence-electron chi connectivity index (χ4n) is 2.79. The third-order valence-corrected chi connectivity index (χ3v) is 6.19. The highest BCUT2D eigenvalue weighted by Gasteiger charge is 2.21. The number of pyridine rings is 1. The van der Waals surface area contributed by atoms with E-state index in [0.717, 1.165) is 0 Å². The second-order valence-corrected chi connectivity index (χ2v) is 8.50. The number of amides is 1. The van der Waals surface area contributed by atoms with Gasteiger partial charge in [0.15, 0.2) is 11.5 Å². The van der Waals surface area contributed by atoms with Gasteiger partial charge in [-0.2, -0.15) is 0 Å². The van der Waals surface area contributed by atoms with E-state index < -0.39 is 15.9 Å². The number of nitrogens with zero attached hydrogens (tertiary/aromatic N) is 1. The third kappa shape index (κ3) is 4.38. The van der Waals surface area contributed by atoms with Gasteiger partial charge in [0.25, 0.3) is 5.91 Å². The van der Waals surface area contributed by atoms with Gasteiger partial charge in [0.2, 0.25) is 16.8 Å². The van der Waals surface area contributed by atoms with E-state index in [4.69, 9.17) is 21.1 Å². The summed E-state index contributed by atoms with van der Waals surface area (Å²) < 4.78 is 38.4. The number of rotatable bonds is 6. The summed E-state index contributed by atoms with van der Waals surface area (Å²) >= 11 is 6.10. The summed E-state index contributed by atoms with van der Waals surface area (Å²) in [5.74, 6) is 0.619. The molecule has 154 valence electrons. The van der Waals surface area contributed by atoms with E-state index in [0.29, 0.717) is 22.7 Å². The van der Waals surface area contributed by atoms with Crippen molar-refractivity contribution in [3.63, 3.8) is 0 Å². The summed E-state index contributed by atoms with van der Waals surface area (Å²) in [5.41, 5.74) is 1.31. The molecular weight excluding hydrogens is 430 g/mol. The van der Waals surface area contributed by atoms with Gasteiger partial charge < -0.3 is 14.8 Å². The number of benzene rings is 2. The van der Waals surface area contributed by atoms with E-state index in [2.05, 4.69) is 15.0 Å². The van der Waals surface area contributed by atoms with Crippen LogP contribution >= 0.6 is 11.6 Å². The number of hydrogen-bond acceptors (Lipinski definition) is 6. The molecule has 0 bridgehead atoms. The van der Waals surface area contributed by atoms with Crippen molar-refractivity contribution in [1.82, 2.24) is 9.71 Å². The van der Waals surface area contributed by atoms with Crippen molar-refractivity contribution in [2.75, 3.05) is 12.1 Å². The Kier molecular flexibility index (Phi) is 5.58. The van der Waals surface area contributed by atoms with Crippen molar-refractivity contribution < 1.29 is 22.7 Å². The molecular formula is C20H16ClN3O5S. The Bertz CT molecular complexity index is 1200. The quantitative estimate of drug-likeness (QED) is 0.603. The first-order chi connectivity index (χ1) is 14.4. The molecule has 10 heteroatoms. The minimum atomic E-state index is -3.95. The maximum atomic E-state index is 12.7. The van der Waals surface area contributed by atoms with Gasteiger partial charge in [-0.3, -0.25) is 9.78 Å². The van der Waals surface area contributed by atoms with E-state index >= 15 is 0 Å². The van der Waals surface area contributed by atoms with E-state index in [1.165, 1.54) is 18.2 Å². The predicted molar refractivity (Wildman–Crippen MR) is 110 cm³/mol. The largest absolute Gasteiger partial charge is 0.454 e. The summed E-state index contributed by atoms with van der Waals surface area (Å²) in [6.07, 6.45) is 3.15. The van der Waals surface area contributed by atoms with Gasteiger partial charge >= 0.3 is 0 Å². The highest BCUT2D eigenvalue weighted by molar-refractivity contribution is 7.89. The van der Waals surface area contributed by atoms with Gasteiger partial charge in [0, 0.05) is 36.3 Å². The zero-order valence-electron chi connectivity index (χ0n) is 15.5. The molecule has 0 aliphatic carbocycles. The molecule has 0 radical (unpaired) electrons. The number of hydrogen-bond donors (Lipinski definition) is 2. The van der Waals surface area contributed by atoms with Crippen LogP contribution in [0.5, 0.6) is 11.5 Å². The van der Waals surface area contributed by atoms with Gasteiger partial charge in [-0.1, -0.05) is 17.7 Å². The van der Waals surface area contributed by atoms with E-state index in [1.54, 1.807) is 42.7 Å². The summed E-state index contributed by atoms with van der Waals surface area (Å²) in [7, 11) is -3.95. The van der Waals surface area contributed by atoms with Crippen molar-refractivity contribution in [2.24, 2.45) is 0 Å². The Hall–Kier alpha value is -3.14. The Morgan fingerprint density at radius 3 is 2.73 bits per heavy atom. The molecule has 3 aromatic rings. The molecule has 30 heavy (non-hydrogen) atoms. The second-order valence-electron chi connectivity index (χ2n) is 6.35. The van der Waals surface area contributed by atoms with Gasteiger partial charge in [0.1, 0.15) is 4.90 Å². The Morgan fingerprint density at radius 2 is 1.93 bits per heavy atom. The number of nitrogens with one attached hydrogen (secondary N) is 2. The van der Waals surface area contributed by atoms with Crippen LogP contribution < -0.4 is 19.5 Å². The number of sulfonamides is 1. The normalized spacial score (nSPS) is 12.6. The number of aromatic nitrogens is 1. The standard InChI is InChI=1S/C20H16ClN3O5S/c21-16-5-3-14(20(25)24-15-4-6-17-18(9-15)29-12-28-17)8-19(16)30(26,27)23-11-13-2-1-7-22-10-13/h1-10,23H,11-12H2,(H,24,25). The molecule has 2 aromatic carbocycles. The van der Waals surface area contributed by atoms with Crippen molar-refractivity contribution in [2.45, 2.75) is 11.4 Å². The molecule has 1 aromatic heterocycles. The van der Waals surface area contributed by atoms with Crippen molar-refractivity contribution >= 4 is 33.2 Å². The zero-order valence-corrected chi connectivity index (χ0v) is 17.0. The average Bonchev–Trinajstić information content (AvgIpc) is 3.21. The molecule has 1 amide bonds. The summed E-state index contributed by atoms with van der Waals surface area (Å²) in [6, 6.07) is 12.5. The molecule has 1 aliphatic rings. The number of halogens is 1. The number of carbonyl (C=O) groups excluding carboxylic acids is 1. The van der Waals surface area contributed by atoms with Gasteiger partial charge in [0.05, 0.1) is 5.02 Å². The van der Waals surface area contributed by atoms with Crippen LogP contribution in [0.2, 0.25) is 5.02 Å². The Morgan fingerprint density at radius 1 is 1.10 bits per heavy atom. The molecule has 4 rings (SSSR count). The van der Waals surface area contributed by atoms with E-state index in [-0.39, 0.29) is 28.8 Å². The maximum absolute atomic E-state index is 12.7. The minimum absolute atomic E-state index is 0.00770. The molecule has 0 saturated heterocycles. The monoisotopic (exact) mass is 445 g/mol. The van der Waals surface area contributed by atoms with Crippen LogP contribution in [0.25, 0.3) is 0 Å². The third-order valence-electron chi connectivity index (χ3n) is 4.30. The van der Waals surface area contributed by atoms with Crippen LogP contribution in [0.1, 0.15) is 15.9 Å². The van der Waals surface area contributed by atoms with Crippen molar-refractivity contribution in [3.8, 4) is 11.5 Å². The number of fused-ring (bicyclic) bond motifs is 1. The van der Waals surface area contributed by atoms with Crippen LogP contribution in [0.4, 0.5) is 5.69 Å². The Balaban J connectivity index is 1.52. The lowest BCUT2D eigenvalue weighted by Gasteiger charge is -2.11. The van der Waals surface area contributed by atoms with Crippen LogP contribution in [0, 0.1) is 0 Å². The molecule has 0 atom stereocenters. The van der Waals surface area contributed by atoms with E-state index in [1.807, 2.05) is 0 Å². The average molecular weight is 446 g/mol. The smallest absolute Gasteiger partial charge is 0.255 e. The van der Waals surface area contributed by atoms with Crippen LogP contribution in [0.15, 0.2) is 65.8 Å². The lowest BCUT2D eigenvalue weighted by atomic mass is 10.2. The van der Waals surface area contributed by atoms with Crippen LogP contribution in [-0.4, -0.2) is 26.1 Å². The molecule has 0 saturated carbocycles. The topological polar surface area (TPSA) is 107 Å². The molecule has 0 unspecified atom stereocenters. The predicted octanol–water partition coefficient (Wildman–Crippen LogP) is 3.19. The maximum Gasteiger partial charge on any atom is 0.255 e. The molecule has 0 spiro atoms. The molecule has 0 fully saturated rings. The summed E-state index contributed by atoms with van der Waals surface area (Å²) in [4.78, 5) is 16.4. The van der Waals surface area contributed by atoms with Crippen LogP contribution in [0.3, 0.4) is 0 Å². The SMILES string of the molecule is O=C(Nc1ccc2c(c1)OCO2)c1ccc(Cl)c(S(=O)(=O)NCc2cccnc2)c1. The van der Waals surface area contributed by atoms with E-state index in [9.17, 15) is 13.2 Å². The highest BCUT2D eigenvalue weighted by Crippen LogP contribution is 2.34. The fraction of sp³-hybridized carbons (Fsp3) is 0.100. The van der Waals surface area contributed by atoms with Crippen molar-refractivity contribution in [3.05, 3.63) is 77.1 Å². The minimum Gasteiger partial charge on any atom is -0.454 e. The fourth-order valence-corrected chi connectivity index (χ4v) is 4.33.